The van der Waals surface area contributed by atoms with Crippen LogP contribution in [0.4, 0.5) is 5.82 Å². The number of nitrogens with zero attached hydrogens (tertiary/aromatic N) is 5. The number of nitrogen functional groups attached to an aromatic ring is 1. The summed E-state index contributed by atoms with van der Waals surface area (Å²) >= 11 is 3.31. The summed E-state index contributed by atoms with van der Waals surface area (Å²) in [5.74, 6) is 1.45. The Morgan fingerprint density at radius 3 is 2.80 bits per heavy atom. The Morgan fingerprint density at radius 1 is 1.20 bits per heavy atom. The second kappa shape index (κ2) is 5.25. The quantitative estimate of drug-likeness (QED) is 0.790. The molecule has 0 aliphatic heterocycles. The van der Waals surface area contributed by atoms with Crippen LogP contribution >= 0.6 is 15.9 Å². The van der Waals surface area contributed by atoms with Crippen LogP contribution in [0, 0.1) is 0 Å². The fourth-order valence-corrected chi connectivity index (χ4v) is 1.77. The van der Waals surface area contributed by atoms with Crippen molar-refractivity contribution in [3.63, 3.8) is 0 Å². The summed E-state index contributed by atoms with van der Waals surface area (Å²) in [7, 11) is 0. The third-order valence-electron chi connectivity index (χ3n) is 2.39. The van der Waals surface area contributed by atoms with Gasteiger partial charge in [-0.1, -0.05) is 0 Å². The maximum Gasteiger partial charge on any atom is 0.255 e. The van der Waals surface area contributed by atoms with Gasteiger partial charge in [0.05, 0.1) is 6.20 Å². The molecule has 3 rings (SSSR count). The molecular formula is C12H9BrN6O. The minimum Gasteiger partial charge on any atom is -0.436 e. The van der Waals surface area contributed by atoms with Crippen molar-refractivity contribution in [2.45, 2.75) is 0 Å². The smallest absolute Gasteiger partial charge is 0.255 e. The predicted molar refractivity (Wildman–Crippen MR) is 75.6 cm³/mol. The highest BCUT2D eigenvalue weighted by Gasteiger charge is 2.13. The molecule has 0 unspecified atom stereocenters. The molecule has 3 aromatic rings. The second-order valence-electron chi connectivity index (χ2n) is 3.77. The SMILES string of the molecule is Nc1nc(-n2cccn2)nc(Oc2cccnc2)c1Br. The highest BCUT2D eigenvalue weighted by Crippen LogP contribution is 2.31. The van der Waals surface area contributed by atoms with Crippen LogP contribution in [0.15, 0.2) is 47.5 Å². The molecule has 0 bridgehead atoms. The average molecular weight is 333 g/mol. The van der Waals surface area contributed by atoms with Gasteiger partial charge in [-0.25, -0.2) is 4.68 Å². The number of aromatic nitrogens is 5. The van der Waals surface area contributed by atoms with Gasteiger partial charge in [0.25, 0.3) is 5.95 Å². The van der Waals surface area contributed by atoms with Crippen LogP contribution in [-0.2, 0) is 0 Å². The fourth-order valence-electron chi connectivity index (χ4n) is 1.51. The number of hydrogen-bond acceptors (Lipinski definition) is 6. The van der Waals surface area contributed by atoms with Crippen molar-refractivity contribution in [3.05, 3.63) is 47.5 Å². The van der Waals surface area contributed by atoms with Gasteiger partial charge in [0.2, 0.25) is 5.88 Å². The molecule has 2 N–H and O–H groups in total. The van der Waals surface area contributed by atoms with E-state index in [4.69, 9.17) is 10.5 Å². The Bertz CT molecular complexity index is 716. The number of rotatable bonds is 3. The lowest BCUT2D eigenvalue weighted by Gasteiger charge is -2.09. The molecule has 0 radical (unpaired) electrons. The standard InChI is InChI=1S/C12H9BrN6O/c13-9-10(14)17-12(19-6-2-5-16-19)18-11(9)20-8-3-1-4-15-7-8/h1-7H,(H2,14,17,18). The first-order valence-electron chi connectivity index (χ1n) is 5.65. The molecule has 7 nitrogen and oxygen atoms in total. The van der Waals surface area contributed by atoms with Gasteiger partial charge in [-0.2, -0.15) is 15.1 Å². The molecule has 20 heavy (non-hydrogen) atoms. The third kappa shape index (κ3) is 2.45. The van der Waals surface area contributed by atoms with E-state index >= 15 is 0 Å². The topological polar surface area (TPSA) is 91.7 Å². The maximum absolute atomic E-state index is 5.85. The van der Waals surface area contributed by atoms with Crippen LogP contribution in [0.5, 0.6) is 11.6 Å². The van der Waals surface area contributed by atoms with E-state index in [2.05, 4.69) is 36.0 Å². The van der Waals surface area contributed by atoms with Gasteiger partial charge >= 0.3 is 0 Å². The van der Waals surface area contributed by atoms with Gasteiger partial charge in [0.1, 0.15) is 16.0 Å². The van der Waals surface area contributed by atoms with Crippen molar-refractivity contribution in [1.29, 1.82) is 0 Å². The van der Waals surface area contributed by atoms with E-state index < -0.39 is 0 Å². The van der Waals surface area contributed by atoms with Gasteiger partial charge in [0, 0.05) is 18.6 Å². The average Bonchev–Trinajstić information content (AvgIpc) is 2.99. The predicted octanol–water partition coefficient (Wildman–Crippen LogP) is 2.19. The van der Waals surface area contributed by atoms with Crippen molar-refractivity contribution in [2.75, 3.05) is 5.73 Å². The molecule has 0 fully saturated rings. The van der Waals surface area contributed by atoms with Gasteiger partial charge in [0.15, 0.2) is 0 Å². The van der Waals surface area contributed by atoms with Crippen LogP contribution in [-0.4, -0.2) is 24.7 Å². The van der Waals surface area contributed by atoms with E-state index in [1.165, 1.54) is 4.68 Å². The third-order valence-corrected chi connectivity index (χ3v) is 3.14. The molecule has 0 amide bonds. The lowest BCUT2D eigenvalue weighted by atomic mass is 10.4. The van der Waals surface area contributed by atoms with Crippen molar-refractivity contribution in [1.82, 2.24) is 24.7 Å². The first-order valence-corrected chi connectivity index (χ1v) is 6.44. The van der Waals surface area contributed by atoms with Crippen LogP contribution in [0.2, 0.25) is 0 Å². The molecular weight excluding hydrogens is 324 g/mol. The zero-order valence-electron chi connectivity index (χ0n) is 10.1. The Kier molecular flexibility index (Phi) is 3.30. The van der Waals surface area contributed by atoms with Gasteiger partial charge in [-0.15, -0.1) is 0 Å². The Morgan fingerprint density at radius 2 is 2.10 bits per heavy atom. The van der Waals surface area contributed by atoms with E-state index in [9.17, 15) is 0 Å². The zero-order chi connectivity index (χ0) is 13.9. The van der Waals surface area contributed by atoms with Crippen molar-refractivity contribution in [2.24, 2.45) is 0 Å². The minimum absolute atomic E-state index is 0.268. The molecule has 3 heterocycles. The van der Waals surface area contributed by atoms with E-state index in [0.717, 1.165) is 0 Å². The maximum atomic E-state index is 5.85. The largest absolute Gasteiger partial charge is 0.436 e. The Hall–Kier alpha value is -2.48. The van der Waals surface area contributed by atoms with Crippen LogP contribution in [0.3, 0.4) is 0 Å². The fraction of sp³-hybridized carbons (Fsp3) is 0. The molecule has 0 saturated heterocycles. The van der Waals surface area contributed by atoms with E-state index in [-0.39, 0.29) is 5.82 Å². The normalized spacial score (nSPS) is 10.4. The van der Waals surface area contributed by atoms with Crippen LogP contribution in [0.1, 0.15) is 0 Å². The highest BCUT2D eigenvalue weighted by molar-refractivity contribution is 9.10. The molecule has 0 saturated carbocycles. The van der Waals surface area contributed by atoms with Crippen molar-refractivity contribution in [3.8, 4) is 17.6 Å². The summed E-state index contributed by atoms with van der Waals surface area (Å²) in [6.07, 6.45) is 6.59. The Balaban J connectivity index is 2.02. The lowest BCUT2D eigenvalue weighted by Crippen LogP contribution is -2.06. The second-order valence-corrected chi connectivity index (χ2v) is 4.56. The summed E-state index contributed by atoms with van der Waals surface area (Å²) in [4.78, 5) is 12.4. The van der Waals surface area contributed by atoms with E-state index in [1.807, 2.05) is 0 Å². The summed E-state index contributed by atoms with van der Waals surface area (Å²) in [6.45, 7) is 0. The van der Waals surface area contributed by atoms with Crippen molar-refractivity contribution >= 4 is 21.7 Å². The number of nitrogens with two attached hydrogens (primary N) is 1. The molecule has 0 atom stereocenters. The number of pyridine rings is 1. The van der Waals surface area contributed by atoms with Crippen LogP contribution < -0.4 is 10.5 Å². The van der Waals surface area contributed by atoms with Crippen LogP contribution in [0.25, 0.3) is 5.95 Å². The molecule has 100 valence electrons. The first-order chi connectivity index (χ1) is 9.74. The zero-order valence-corrected chi connectivity index (χ0v) is 11.7. The summed E-state index contributed by atoms with van der Waals surface area (Å²) < 4.78 is 7.63. The molecule has 0 aliphatic rings. The van der Waals surface area contributed by atoms with Gasteiger partial charge in [-0.3, -0.25) is 4.98 Å². The minimum atomic E-state index is 0.268. The molecule has 0 aromatic carbocycles. The highest BCUT2D eigenvalue weighted by atomic mass is 79.9. The summed E-state index contributed by atoms with van der Waals surface area (Å²) in [5, 5.41) is 4.06. The van der Waals surface area contributed by atoms with Crippen molar-refractivity contribution < 1.29 is 4.74 Å². The number of halogens is 1. The Labute approximate surface area is 122 Å². The first kappa shape index (κ1) is 12.5. The lowest BCUT2D eigenvalue weighted by molar-refractivity contribution is 0.454. The van der Waals surface area contributed by atoms with E-state index in [0.29, 0.717) is 22.1 Å². The molecule has 3 aromatic heterocycles. The summed E-state index contributed by atoms with van der Waals surface area (Å²) in [5.41, 5.74) is 5.85. The van der Waals surface area contributed by atoms with E-state index in [1.54, 1.807) is 43.0 Å². The summed E-state index contributed by atoms with van der Waals surface area (Å²) in [6, 6.07) is 5.30. The number of ether oxygens (including phenoxy) is 1. The molecule has 0 spiro atoms. The monoisotopic (exact) mass is 332 g/mol. The molecule has 0 aliphatic carbocycles. The van der Waals surface area contributed by atoms with Gasteiger partial charge < -0.3 is 10.5 Å². The molecule has 8 heteroatoms. The number of hydrogen-bond donors (Lipinski definition) is 1. The van der Waals surface area contributed by atoms with Gasteiger partial charge in [-0.05, 0) is 34.1 Å². The number of anilines is 1.